The molecule has 2 rings (SSSR count). The molecule has 0 aliphatic carbocycles. The van der Waals surface area contributed by atoms with Gasteiger partial charge in [0.25, 0.3) is 0 Å². The van der Waals surface area contributed by atoms with E-state index in [9.17, 15) is 4.79 Å². The second-order valence-corrected chi connectivity index (χ2v) is 6.08. The average Bonchev–Trinajstić information content (AvgIpc) is 3.08. The quantitative estimate of drug-likeness (QED) is 0.711. The number of hydrogen-bond donors (Lipinski definition) is 1. The number of benzene rings is 1. The van der Waals surface area contributed by atoms with Crippen molar-refractivity contribution in [1.29, 1.82) is 0 Å². The number of nitrogens with one attached hydrogen (secondary N) is 1. The van der Waals surface area contributed by atoms with Crippen LogP contribution in [0.15, 0.2) is 36.7 Å². The third-order valence-electron chi connectivity index (χ3n) is 3.59. The average molecular weight is 342 g/mol. The molecule has 0 atom stereocenters. The number of carbonyl (C=O) groups excluding carboxylic acids is 1. The van der Waals surface area contributed by atoms with Gasteiger partial charge in [0.15, 0.2) is 0 Å². The maximum atomic E-state index is 11.9. The van der Waals surface area contributed by atoms with E-state index in [4.69, 9.17) is 4.74 Å². The van der Waals surface area contributed by atoms with E-state index in [-0.39, 0.29) is 5.91 Å². The number of hydrogen-bond acceptors (Lipinski definition) is 4. The SMILES string of the molecule is CCCOc1ccc(/C=C/C(=O)NCCn2cnnc2C(C)C)cc1. The summed E-state index contributed by atoms with van der Waals surface area (Å²) in [5, 5.41) is 10.9. The van der Waals surface area contributed by atoms with Crippen molar-refractivity contribution in [3.63, 3.8) is 0 Å². The Kier molecular flexibility index (Phi) is 7.19. The molecule has 0 fully saturated rings. The first-order chi connectivity index (χ1) is 12.1. The van der Waals surface area contributed by atoms with Crippen LogP contribution >= 0.6 is 0 Å². The summed E-state index contributed by atoms with van der Waals surface area (Å²) in [5.74, 6) is 1.96. The molecule has 0 aliphatic heterocycles. The highest BCUT2D eigenvalue weighted by molar-refractivity contribution is 5.91. The highest BCUT2D eigenvalue weighted by atomic mass is 16.5. The first-order valence-corrected chi connectivity index (χ1v) is 8.66. The molecule has 1 amide bonds. The van der Waals surface area contributed by atoms with Crippen LogP contribution in [0.2, 0.25) is 0 Å². The number of aromatic nitrogens is 3. The number of rotatable bonds is 9. The molecule has 1 heterocycles. The second-order valence-electron chi connectivity index (χ2n) is 6.08. The normalized spacial score (nSPS) is 11.2. The molecule has 0 radical (unpaired) electrons. The molecule has 0 bridgehead atoms. The Morgan fingerprint density at radius 2 is 2.08 bits per heavy atom. The van der Waals surface area contributed by atoms with Gasteiger partial charge in [0, 0.05) is 25.1 Å². The lowest BCUT2D eigenvalue weighted by Gasteiger charge is -2.08. The maximum absolute atomic E-state index is 11.9. The minimum atomic E-state index is -0.120. The van der Waals surface area contributed by atoms with Gasteiger partial charge in [-0.25, -0.2) is 0 Å². The molecule has 0 spiro atoms. The van der Waals surface area contributed by atoms with Crippen LogP contribution in [0, 0.1) is 0 Å². The van der Waals surface area contributed by atoms with Crippen molar-refractivity contribution in [1.82, 2.24) is 20.1 Å². The molecule has 1 aromatic carbocycles. The van der Waals surface area contributed by atoms with E-state index in [2.05, 4.69) is 36.3 Å². The summed E-state index contributed by atoms with van der Waals surface area (Å²) in [4.78, 5) is 11.9. The van der Waals surface area contributed by atoms with Gasteiger partial charge in [0.1, 0.15) is 17.9 Å². The standard InChI is InChI=1S/C19H26N4O2/c1-4-13-25-17-8-5-16(6-9-17)7-10-18(24)20-11-12-23-14-21-22-19(23)15(2)3/h5-10,14-15H,4,11-13H2,1-3H3,(H,20,24)/b10-7+. The molecule has 25 heavy (non-hydrogen) atoms. The number of amides is 1. The van der Waals surface area contributed by atoms with Crippen molar-refractivity contribution in [3.05, 3.63) is 48.1 Å². The van der Waals surface area contributed by atoms with E-state index < -0.39 is 0 Å². The molecule has 6 heteroatoms. The minimum Gasteiger partial charge on any atom is -0.494 e. The smallest absolute Gasteiger partial charge is 0.244 e. The van der Waals surface area contributed by atoms with Crippen LogP contribution in [0.4, 0.5) is 0 Å². The summed E-state index contributed by atoms with van der Waals surface area (Å²) >= 11 is 0. The van der Waals surface area contributed by atoms with Crippen LogP contribution in [-0.4, -0.2) is 33.8 Å². The van der Waals surface area contributed by atoms with E-state index in [1.165, 1.54) is 6.08 Å². The summed E-state index contributed by atoms with van der Waals surface area (Å²) in [7, 11) is 0. The summed E-state index contributed by atoms with van der Waals surface area (Å²) in [6.07, 6.45) is 6.00. The summed E-state index contributed by atoms with van der Waals surface area (Å²) in [6.45, 7) is 8.11. The van der Waals surface area contributed by atoms with E-state index in [0.717, 1.165) is 23.6 Å². The monoisotopic (exact) mass is 342 g/mol. The zero-order chi connectivity index (χ0) is 18.1. The molecular formula is C19H26N4O2. The Morgan fingerprint density at radius 3 is 2.76 bits per heavy atom. The highest BCUT2D eigenvalue weighted by Gasteiger charge is 2.07. The fraction of sp³-hybridized carbons (Fsp3) is 0.421. The minimum absolute atomic E-state index is 0.120. The van der Waals surface area contributed by atoms with Crippen LogP contribution in [0.3, 0.4) is 0 Å². The van der Waals surface area contributed by atoms with Gasteiger partial charge < -0.3 is 14.6 Å². The molecule has 2 aromatic rings. The van der Waals surface area contributed by atoms with Crippen LogP contribution in [0.1, 0.15) is 44.5 Å². The highest BCUT2D eigenvalue weighted by Crippen LogP contribution is 2.13. The molecule has 1 aromatic heterocycles. The fourth-order valence-corrected chi connectivity index (χ4v) is 2.31. The third kappa shape index (κ3) is 6.06. The summed E-state index contributed by atoms with van der Waals surface area (Å²) < 4.78 is 7.50. The summed E-state index contributed by atoms with van der Waals surface area (Å²) in [5.41, 5.74) is 0.958. The predicted octanol–water partition coefficient (Wildman–Crippen LogP) is 3.02. The Labute approximate surface area is 148 Å². The molecule has 0 aliphatic rings. The Hall–Kier alpha value is -2.63. The lowest BCUT2D eigenvalue weighted by Crippen LogP contribution is -2.25. The van der Waals surface area contributed by atoms with Gasteiger partial charge in [-0.3, -0.25) is 4.79 Å². The Bertz CT molecular complexity index is 690. The van der Waals surface area contributed by atoms with Crippen LogP contribution in [0.5, 0.6) is 5.75 Å². The van der Waals surface area contributed by atoms with E-state index in [0.29, 0.717) is 25.6 Å². The zero-order valence-corrected chi connectivity index (χ0v) is 15.1. The fourth-order valence-electron chi connectivity index (χ4n) is 2.31. The van der Waals surface area contributed by atoms with Gasteiger partial charge in [-0.05, 0) is 30.2 Å². The topological polar surface area (TPSA) is 69.0 Å². The number of carbonyl (C=O) groups is 1. The van der Waals surface area contributed by atoms with Gasteiger partial charge in [-0.2, -0.15) is 0 Å². The van der Waals surface area contributed by atoms with Gasteiger partial charge in [-0.15, -0.1) is 10.2 Å². The molecule has 0 saturated carbocycles. The van der Waals surface area contributed by atoms with E-state index >= 15 is 0 Å². The number of nitrogens with zero attached hydrogens (tertiary/aromatic N) is 3. The molecule has 6 nitrogen and oxygen atoms in total. The molecule has 134 valence electrons. The lowest BCUT2D eigenvalue weighted by atomic mass is 10.2. The molecule has 0 saturated heterocycles. The van der Waals surface area contributed by atoms with Gasteiger partial charge in [0.2, 0.25) is 5.91 Å². The van der Waals surface area contributed by atoms with Crippen molar-refractivity contribution in [2.75, 3.05) is 13.2 Å². The van der Waals surface area contributed by atoms with Crippen LogP contribution < -0.4 is 10.1 Å². The van der Waals surface area contributed by atoms with Crippen molar-refractivity contribution in [2.45, 2.75) is 39.7 Å². The van der Waals surface area contributed by atoms with Gasteiger partial charge in [-0.1, -0.05) is 32.9 Å². The lowest BCUT2D eigenvalue weighted by molar-refractivity contribution is -0.116. The second kappa shape index (κ2) is 9.61. The van der Waals surface area contributed by atoms with Crippen molar-refractivity contribution in [3.8, 4) is 5.75 Å². The third-order valence-corrected chi connectivity index (χ3v) is 3.59. The number of ether oxygens (including phenoxy) is 1. The zero-order valence-electron chi connectivity index (χ0n) is 15.1. The van der Waals surface area contributed by atoms with Gasteiger partial charge >= 0.3 is 0 Å². The van der Waals surface area contributed by atoms with Crippen LogP contribution in [-0.2, 0) is 11.3 Å². The first-order valence-electron chi connectivity index (χ1n) is 8.66. The largest absolute Gasteiger partial charge is 0.494 e. The summed E-state index contributed by atoms with van der Waals surface area (Å²) in [6, 6.07) is 7.68. The van der Waals surface area contributed by atoms with Crippen molar-refractivity contribution < 1.29 is 9.53 Å². The van der Waals surface area contributed by atoms with E-state index in [1.54, 1.807) is 12.4 Å². The maximum Gasteiger partial charge on any atom is 0.244 e. The molecule has 1 N–H and O–H groups in total. The predicted molar refractivity (Wildman–Crippen MR) is 98.4 cm³/mol. The Balaban J connectivity index is 1.77. The van der Waals surface area contributed by atoms with E-state index in [1.807, 2.05) is 28.8 Å². The van der Waals surface area contributed by atoms with Crippen molar-refractivity contribution in [2.24, 2.45) is 0 Å². The Morgan fingerprint density at radius 1 is 1.32 bits per heavy atom. The molecular weight excluding hydrogens is 316 g/mol. The molecule has 0 unspecified atom stereocenters. The van der Waals surface area contributed by atoms with Crippen LogP contribution in [0.25, 0.3) is 6.08 Å². The first kappa shape index (κ1) is 18.7. The van der Waals surface area contributed by atoms with Gasteiger partial charge in [0.05, 0.1) is 6.61 Å². The van der Waals surface area contributed by atoms with Crippen molar-refractivity contribution >= 4 is 12.0 Å².